The number of likely N-dealkylation sites (N-methyl/N-ethyl adjacent to an activating group) is 1. The summed E-state index contributed by atoms with van der Waals surface area (Å²) in [5.74, 6) is -0.732. The van der Waals surface area contributed by atoms with Crippen molar-refractivity contribution in [3.63, 3.8) is 0 Å². The molecular weight excluding hydrogens is 413 g/mol. The minimum absolute atomic E-state index is 0.0263. The summed E-state index contributed by atoms with van der Waals surface area (Å²) in [5.41, 5.74) is 0. The first-order chi connectivity index (χ1) is 14.1. The van der Waals surface area contributed by atoms with Crippen molar-refractivity contribution in [2.45, 2.75) is 49.6 Å². The van der Waals surface area contributed by atoms with E-state index in [1.807, 2.05) is 6.92 Å². The first kappa shape index (κ1) is 22.5. The maximum atomic E-state index is 13.2. The zero-order valence-electron chi connectivity index (χ0n) is 17.1. The molecule has 0 radical (unpaired) electrons. The van der Waals surface area contributed by atoms with Gasteiger partial charge in [0.2, 0.25) is 15.9 Å². The maximum Gasteiger partial charge on any atom is 0.407 e. The molecule has 1 aliphatic carbocycles. The largest absolute Gasteiger partial charge is 0.465 e. The summed E-state index contributed by atoms with van der Waals surface area (Å²) in [4.78, 5) is 25.1. The molecule has 0 bridgehead atoms. The van der Waals surface area contributed by atoms with E-state index in [1.54, 1.807) is 0 Å². The average Bonchev–Trinajstić information content (AvgIpc) is 3.28. The fourth-order valence-electron chi connectivity index (χ4n) is 4.54. The molecule has 8 nitrogen and oxygen atoms in total. The highest BCUT2D eigenvalue weighted by Gasteiger charge is 2.47. The lowest BCUT2D eigenvalue weighted by molar-refractivity contribution is -0.126. The topological polar surface area (TPSA) is 107 Å². The van der Waals surface area contributed by atoms with Crippen LogP contribution in [-0.4, -0.2) is 67.0 Å². The summed E-state index contributed by atoms with van der Waals surface area (Å²) < 4.78 is 40.4. The van der Waals surface area contributed by atoms with Crippen molar-refractivity contribution in [1.29, 1.82) is 0 Å². The van der Waals surface area contributed by atoms with Gasteiger partial charge in [-0.3, -0.25) is 9.69 Å². The lowest BCUT2D eigenvalue weighted by Crippen LogP contribution is -2.51. The van der Waals surface area contributed by atoms with Crippen LogP contribution in [0.1, 0.15) is 32.6 Å². The first-order valence-electron chi connectivity index (χ1n) is 10.2. The summed E-state index contributed by atoms with van der Waals surface area (Å²) >= 11 is 0. The molecule has 1 aromatic rings. The number of carbonyl (C=O) groups is 2. The van der Waals surface area contributed by atoms with Crippen LogP contribution in [0.2, 0.25) is 0 Å². The van der Waals surface area contributed by atoms with Gasteiger partial charge in [-0.2, -0.15) is 4.31 Å². The monoisotopic (exact) mass is 441 g/mol. The Balaban J connectivity index is 1.69. The van der Waals surface area contributed by atoms with Crippen molar-refractivity contribution in [3.05, 3.63) is 30.1 Å². The molecule has 0 spiro atoms. The number of nitrogens with one attached hydrogen (secondary N) is 1. The van der Waals surface area contributed by atoms with Gasteiger partial charge in [0.1, 0.15) is 11.9 Å². The van der Waals surface area contributed by atoms with Crippen molar-refractivity contribution in [3.8, 4) is 0 Å². The lowest BCUT2D eigenvalue weighted by Gasteiger charge is -2.28. The van der Waals surface area contributed by atoms with E-state index < -0.39 is 28.0 Å². The first-order valence-corrected chi connectivity index (χ1v) is 11.6. The average molecular weight is 442 g/mol. The fourth-order valence-corrected chi connectivity index (χ4v) is 6.08. The molecule has 2 aliphatic rings. The van der Waals surface area contributed by atoms with Crippen molar-refractivity contribution >= 4 is 22.0 Å². The van der Waals surface area contributed by atoms with Crippen LogP contribution in [0.3, 0.4) is 0 Å². The summed E-state index contributed by atoms with van der Waals surface area (Å²) in [7, 11) is -2.35. The number of hydrogen-bond donors (Lipinski definition) is 2. The Labute approximate surface area is 176 Å². The summed E-state index contributed by atoms with van der Waals surface area (Å²) in [6.45, 7) is 2.53. The van der Waals surface area contributed by atoms with Crippen LogP contribution < -0.4 is 5.32 Å². The minimum atomic E-state index is -3.73. The van der Waals surface area contributed by atoms with Crippen molar-refractivity contribution in [2.75, 3.05) is 20.1 Å². The molecule has 1 aromatic carbocycles. The number of carboxylic acid groups (broad SMARTS) is 1. The van der Waals surface area contributed by atoms with Gasteiger partial charge in [0.15, 0.2) is 0 Å². The van der Waals surface area contributed by atoms with E-state index in [9.17, 15) is 27.5 Å². The molecule has 1 aliphatic heterocycles. The molecule has 1 unspecified atom stereocenters. The Morgan fingerprint density at radius 3 is 2.53 bits per heavy atom. The predicted molar refractivity (Wildman–Crippen MR) is 108 cm³/mol. The zero-order chi connectivity index (χ0) is 22.1. The third-order valence-corrected chi connectivity index (χ3v) is 8.08. The molecule has 0 aromatic heterocycles. The quantitative estimate of drug-likeness (QED) is 0.674. The van der Waals surface area contributed by atoms with Gasteiger partial charge >= 0.3 is 6.09 Å². The second kappa shape index (κ2) is 8.89. The third kappa shape index (κ3) is 4.44. The third-order valence-electron chi connectivity index (χ3n) is 6.24. The number of fused-ring (bicyclic) bond motifs is 1. The number of carbonyl (C=O) groups excluding carboxylic acids is 1. The molecule has 2 fully saturated rings. The molecular formula is C20H28FN3O5S. The van der Waals surface area contributed by atoms with Crippen LogP contribution in [0.25, 0.3) is 0 Å². The molecule has 3 rings (SSSR count). The molecule has 10 heteroatoms. The molecule has 1 heterocycles. The van der Waals surface area contributed by atoms with Crippen LogP contribution in [0.4, 0.5) is 9.18 Å². The van der Waals surface area contributed by atoms with E-state index in [-0.39, 0.29) is 35.2 Å². The van der Waals surface area contributed by atoms with Crippen LogP contribution in [0.15, 0.2) is 29.2 Å². The van der Waals surface area contributed by atoms with Crippen molar-refractivity contribution < 1.29 is 27.5 Å². The SMILES string of the molecule is CCCC(C(=O)N[C@@H]1CC[C@H]2CN(S(=O)(=O)c3ccc(F)cc3)C[C@H]21)N(C)C(=O)O. The van der Waals surface area contributed by atoms with Gasteiger partial charge < -0.3 is 10.4 Å². The highest BCUT2D eigenvalue weighted by Crippen LogP contribution is 2.40. The van der Waals surface area contributed by atoms with Gasteiger partial charge in [0.05, 0.1) is 4.90 Å². The number of rotatable bonds is 7. The summed E-state index contributed by atoms with van der Waals surface area (Å²) in [6.07, 6.45) is 1.45. The van der Waals surface area contributed by atoms with Crippen LogP contribution in [0, 0.1) is 17.7 Å². The Morgan fingerprint density at radius 2 is 1.93 bits per heavy atom. The normalized spacial score (nSPS) is 25.0. The number of halogens is 1. The minimum Gasteiger partial charge on any atom is -0.465 e. The number of hydrogen-bond acceptors (Lipinski definition) is 4. The van der Waals surface area contributed by atoms with E-state index in [4.69, 9.17) is 0 Å². The molecule has 166 valence electrons. The van der Waals surface area contributed by atoms with Gasteiger partial charge in [-0.05, 0) is 55.4 Å². The summed E-state index contributed by atoms with van der Waals surface area (Å²) in [5, 5.41) is 12.2. The predicted octanol–water partition coefficient (Wildman–Crippen LogP) is 2.12. The van der Waals surface area contributed by atoms with Crippen LogP contribution in [0.5, 0.6) is 0 Å². The number of amides is 2. The Morgan fingerprint density at radius 1 is 1.27 bits per heavy atom. The highest BCUT2D eigenvalue weighted by molar-refractivity contribution is 7.89. The molecule has 2 N–H and O–H groups in total. The lowest BCUT2D eigenvalue weighted by atomic mass is 9.97. The van der Waals surface area contributed by atoms with Gasteiger partial charge in [0.25, 0.3) is 0 Å². The van der Waals surface area contributed by atoms with Crippen molar-refractivity contribution in [1.82, 2.24) is 14.5 Å². The number of sulfonamides is 1. The van der Waals surface area contributed by atoms with Gasteiger partial charge in [-0.15, -0.1) is 0 Å². The van der Waals surface area contributed by atoms with Gasteiger partial charge in [-0.1, -0.05) is 13.3 Å². The van der Waals surface area contributed by atoms with E-state index >= 15 is 0 Å². The smallest absolute Gasteiger partial charge is 0.407 e. The molecule has 1 saturated heterocycles. The van der Waals surface area contributed by atoms with E-state index in [0.717, 1.165) is 29.9 Å². The van der Waals surface area contributed by atoms with E-state index in [1.165, 1.54) is 23.5 Å². The van der Waals surface area contributed by atoms with Gasteiger partial charge in [-0.25, -0.2) is 17.6 Å². The molecule has 1 saturated carbocycles. The Kier molecular flexibility index (Phi) is 6.66. The Bertz CT molecular complexity index is 892. The summed E-state index contributed by atoms with van der Waals surface area (Å²) in [6, 6.07) is 3.80. The standard InChI is InChI=1S/C20H28FN3O5S/c1-3-4-18(23(2)20(26)27)19(25)22-17-10-5-13-11-24(12-16(13)17)30(28,29)15-8-6-14(21)7-9-15/h6-9,13,16-18H,3-5,10-12H2,1-2H3,(H,22,25)(H,26,27)/t13-,16+,17+,18?/m0/s1. The number of nitrogens with zero attached hydrogens (tertiary/aromatic N) is 2. The molecule has 2 amide bonds. The molecule has 30 heavy (non-hydrogen) atoms. The molecule has 4 atom stereocenters. The Hall–Kier alpha value is -2.20. The zero-order valence-corrected chi connectivity index (χ0v) is 17.9. The van der Waals surface area contributed by atoms with E-state index in [0.29, 0.717) is 19.4 Å². The van der Waals surface area contributed by atoms with Gasteiger partial charge in [0, 0.05) is 26.2 Å². The fraction of sp³-hybridized carbons (Fsp3) is 0.600. The van der Waals surface area contributed by atoms with Crippen LogP contribution in [-0.2, 0) is 14.8 Å². The highest BCUT2D eigenvalue weighted by atomic mass is 32.2. The van der Waals surface area contributed by atoms with E-state index in [2.05, 4.69) is 5.32 Å². The maximum absolute atomic E-state index is 13.2. The second-order valence-electron chi connectivity index (χ2n) is 8.09. The number of benzene rings is 1. The van der Waals surface area contributed by atoms with Crippen molar-refractivity contribution in [2.24, 2.45) is 11.8 Å². The second-order valence-corrected chi connectivity index (χ2v) is 10.0. The van der Waals surface area contributed by atoms with Crippen LogP contribution >= 0.6 is 0 Å².